The number of rotatable bonds is 7. The molecular weight excluding hydrogens is 368 g/mol. The Morgan fingerprint density at radius 1 is 1.15 bits per heavy atom. The summed E-state index contributed by atoms with van der Waals surface area (Å²) in [5.41, 5.74) is 3.01. The van der Waals surface area contributed by atoms with Gasteiger partial charge < -0.3 is 19.5 Å². The number of sulfonamides is 1. The highest BCUT2D eigenvalue weighted by Crippen LogP contribution is 2.30. The number of aliphatic hydroxyl groups is 1. The molecule has 1 heterocycles. The van der Waals surface area contributed by atoms with Crippen LogP contribution in [0.5, 0.6) is 11.5 Å². The molecule has 1 unspecified atom stereocenters. The second-order valence-electron chi connectivity index (χ2n) is 6.44. The Balaban J connectivity index is 1.72. The summed E-state index contributed by atoms with van der Waals surface area (Å²) in [6, 6.07) is 10.1. The third-order valence-corrected chi connectivity index (χ3v) is 6.17. The molecule has 2 aromatic rings. The zero-order valence-electron chi connectivity index (χ0n) is 15.6. The zero-order valence-corrected chi connectivity index (χ0v) is 16.4. The van der Waals surface area contributed by atoms with Crippen molar-refractivity contribution in [1.82, 2.24) is 4.72 Å². The van der Waals surface area contributed by atoms with E-state index in [0.717, 1.165) is 24.2 Å². The quantitative estimate of drug-likeness (QED) is 0.746. The number of nitrogens with one attached hydrogen (secondary N) is 1. The largest absolute Gasteiger partial charge is 0.493 e. The molecule has 0 saturated heterocycles. The highest BCUT2D eigenvalue weighted by Gasteiger charge is 2.21. The predicted octanol–water partition coefficient (Wildman–Crippen LogP) is 1.71. The Morgan fingerprint density at radius 2 is 1.89 bits per heavy atom. The van der Waals surface area contributed by atoms with Crippen molar-refractivity contribution in [2.45, 2.75) is 17.4 Å². The lowest BCUT2D eigenvalue weighted by Crippen LogP contribution is -2.28. The lowest BCUT2D eigenvalue weighted by Gasteiger charge is -2.16. The highest BCUT2D eigenvalue weighted by molar-refractivity contribution is 7.89. The van der Waals surface area contributed by atoms with Gasteiger partial charge in [0.05, 0.1) is 25.2 Å². The van der Waals surface area contributed by atoms with Gasteiger partial charge in [-0.25, -0.2) is 13.1 Å². The van der Waals surface area contributed by atoms with E-state index in [9.17, 15) is 13.5 Å². The summed E-state index contributed by atoms with van der Waals surface area (Å²) in [6.07, 6.45) is -0.0137. The van der Waals surface area contributed by atoms with Crippen molar-refractivity contribution in [2.75, 3.05) is 39.3 Å². The van der Waals surface area contributed by atoms with E-state index < -0.39 is 16.1 Å². The molecule has 2 N–H and O–H groups in total. The van der Waals surface area contributed by atoms with Gasteiger partial charge in [-0.2, -0.15) is 0 Å². The van der Waals surface area contributed by atoms with Gasteiger partial charge >= 0.3 is 0 Å². The van der Waals surface area contributed by atoms with Gasteiger partial charge in [-0.15, -0.1) is 0 Å². The first-order chi connectivity index (χ1) is 12.9. The lowest BCUT2D eigenvalue weighted by molar-refractivity contribution is 0.182. The van der Waals surface area contributed by atoms with Crippen molar-refractivity contribution in [3.63, 3.8) is 0 Å². The fourth-order valence-electron chi connectivity index (χ4n) is 3.17. The van der Waals surface area contributed by atoms with Crippen LogP contribution in [0.2, 0.25) is 0 Å². The number of methoxy groups -OCH3 is 2. The number of likely N-dealkylation sites (N-methyl/N-ethyl adjacent to an activating group) is 1. The molecule has 3 rings (SSSR count). The average molecular weight is 392 g/mol. The van der Waals surface area contributed by atoms with Crippen LogP contribution in [0.25, 0.3) is 0 Å². The number of ether oxygens (including phenoxy) is 2. The first-order valence-electron chi connectivity index (χ1n) is 8.59. The number of hydrogen-bond donors (Lipinski definition) is 2. The Kier molecular flexibility index (Phi) is 5.59. The van der Waals surface area contributed by atoms with E-state index >= 15 is 0 Å². The molecule has 7 nitrogen and oxygen atoms in total. The third kappa shape index (κ3) is 4.02. The number of nitrogens with zero attached hydrogens (tertiary/aromatic N) is 1. The van der Waals surface area contributed by atoms with Gasteiger partial charge in [0.1, 0.15) is 0 Å². The highest BCUT2D eigenvalue weighted by atomic mass is 32.2. The smallest absolute Gasteiger partial charge is 0.240 e. The molecule has 1 aliphatic heterocycles. The van der Waals surface area contributed by atoms with Crippen molar-refractivity contribution in [3.8, 4) is 11.5 Å². The number of fused-ring (bicyclic) bond motifs is 1. The summed E-state index contributed by atoms with van der Waals surface area (Å²) < 4.78 is 37.8. The molecule has 2 aromatic carbocycles. The molecule has 1 aliphatic rings. The van der Waals surface area contributed by atoms with E-state index in [1.165, 1.54) is 32.4 Å². The van der Waals surface area contributed by atoms with Crippen molar-refractivity contribution in [3.05, 3.63) is 47.5 Å². The van der Waals surface area contributed by atoms with Crippen molar-refractivity contribution >= 4 is 15.7 Å². The van der Waals surface area contributed by atoms with Crippen molar-refractivity contribution < 1.29 is 23.0 Å². The maximum atomic E-state index is 12.5. The molecule has 0 aliphatic carbocycles. The van der Waals surface area contributed by atoms with Crippen LogP contribution in [0.4, 0.5) is 5.69 Å². The van der Waals surface area contributed by atoms with Gasteiger partial charge in [-0.1, -0.05) is 12.1 Å². The first-order valence-corrected chi connectivity index (χ1v) is 10.1. The van der Waals surface area contributed by atoms with Gasteiger partial charge in [0.2, 0.25) is 10.0 Å². The number of hydrogen-bond acceptors (Lipinski definition) is 6. The standard InChI is InChI=1S/C19H24N2O5S/c1-21-9-8-13-10-14(4-6-16(13)21)17(22)12-20-27(23,24)15-5-7-18(25-2)19(11-15)26-3/h4-7,10-11,17,20,22H,8-9,12H2,1-3H3. The average Bonchev–Trinajstić information content (AvgIpc) is 3.05. The summed E-state index contributed by atoms with van der Waals surface area (Å²) in [7, 11) is 1.15. The molecule has 0 amide bonds. The molecule has 0 aromatic heterocycles. The summed E-state index contributed by atoms with van der Waals surface area (Å²) in [5.74, 6) is 0.767. The van der Waals surface area contributed by atoms with E-state index in [-0.39, 0.29) is 11.4 Å². The van der Waals surface area contributed by atoms with Crippen LogP contribution < -0.4 is 19.1 Å². The van der Waals surface area contributed by atoms with Gasteiger partial charge in [0.25, 0.3) is 0 Å². The molecule has 146 valence electrons. The minimum Gasteiger partial charge on any atom is -0.493 e. The second-order valence-corrected chi connectivity index (χ2v) is 8.21. The molecule has 0 fully saturated rings. The Hall–Kier alpha value is -2.29. The maximum Gasteiger partial charge on any atom is 0.240 e. The van der Waals surface area contributed by atoms with E-state index in [2.05, 4.69) is 9.62 Å². The van der Waals surface area contributed by atoms with Crippen LogP contribution >= 0.6 is 0 Å². The molecular formula is C19H24N2O5S. The van der Waals surface area contributed by atoms with Gasteiger partial charge in [-0.05, 0) is 35.7 Å². The summed E-state index contributed by atoms with van der Waals surface area (Å²) in [4.78, 5) is 2.20. The molecule has 0 radical (unpaired) electrons. The molecule has 0 bridgehead atoms. The van der Waals surface area contributed by atoms with Gasteiger partial charge in [-0.3, -0.25) is 0 Å². The molecule has 27 heavy (non-hydrogen) atoms. The van der Waals surface area contributed by atoms with Crippen LogP contribution in [-0.2, 0) is 16.4 Å². The van der Waals surface area contributed by atoms with Crippen molar-refractivity contribution in [1.29, 1.82) is 0 Å². The molecule has 8 heteroatoms. The van der Waals surface area contributed by atoms with Crippen LogP contribution in [0.15, 0.2) is 41.3 Å². The second kappa shape index (κ2) is 7.75. The molecule has 0 saturated carbocycles. The fraction of sp³-hybridized carbons (Fsp3) is 0.368. The summed E-state index contributed by atoms with van der Waals surface area (Å²) in [6.45, 7) is 0.826. The van der Waals surface area contributed by atoms with Crippen LogP contribution in [-0.4, -0.2) is 47.9 Å². The SMILES string of the molecule is COc1ccc(S(=O)(=O)NCC(O)c2ccc3c(c2)CCN3C)cc1OC. The van der Waals surface area contributed by atoms with Crippen LogP contribution in [0, 0.1) is 0 Å². The fourth-order valence-corrected chi connectivity index (χ4v) is 4.22. The number of anilines is 1. The number of benzene rings is 2. The Labute approximate surface area is 159 Å². The summed E-state index contributed by atoms with van der Waals surface area (Å²) >= 11 is 0. The van der Waals surface area contributed by atoms with Crippen LogP contribution in [0.3, 0.4) is 0 Å². The molecule has 1 atom stereocenters. The number of aliphatic hydroxyl groups excluding tert-OH is 1. The lowest BCUT2D eigenvalue weighted by atomic mass is 10.0. The van der Waals surface area contributed by atoms with Crippen LogP contribution in [0.1, 0.15) is 17.2 Å². The Bertz CT molecular complexity index is 930. The van der Waals surface area contributed by atoms with E-state index in [4.69, 9.17) is 9.47 Å². The normalized spacial score (nSPS) is 14.7. The molecule has 0 spiro atoms. The first kappa shape index (κ1) is 19.5. The Morgan fingerprint density at radius 3 is 2.59 bits per heavy atom. The predicted molar refractivity (Wildman–Crippen MR) is 103 cm³/mol. The minimum atomic E-state index is -3.79. The maximum absolute atomic E-state index is 12.5. The van der Waals surface area contributed by atoms with Gasteiger partial charge in [0, 0.05) is 31.9 Å². The van der Waals surface area contributed by atoms with Gasteiger partial charge in [0.15, 0.2) is 11.5 Å². The third-order valence-electron chi connectivity index (χ3n) is 4.75. The van der Waals surface area contributed by atoms with Crippen molar-refractivity contribution in [2.24, 2.45) is 0 Å². The monoisotopic (exact) mass is 392 g/mol. The van der Waals surface area contributed by atoms with E-state index in [0.29, 0.717) is 17.1 Å². The van der Waals surface area contributed by atoms with E-state index in [1.54, 1.807) is 0 Å². The summed E-state index contributed by atoms with van der Waals surface area (Å²) in [5, 5.41) is 10.4. The zero-order chi connectivity index (χ0) is 19.6. The minimum absolute atomic E-state index is 0.0444. The van der Waals surface area contributed by atoms with E-state index in [1.807, 2.05) is 25.2 Å². The topological polar surface area (TPSA) is 88.1 Å².